The lowest BCUT2D eigenvalue weighted by Gasteiger charge is -2.27. The van der Waals surface area contributed by atoms with Crippen LogP contribution < -0.4 is 44.1 Å². The molecule has 6 aromatic heterocycles. The van der Waals surface area contributed by atoms with Crippen LogP contribution in [0.15, 0.2) is 94.0 Å². The molecule has 8 aromatic rings. The zero-order chi connectivity index (χ0) is 89.4. The Morgan fingerprint density at radius 3 is 1.16 bits per heavy atom. The Morgan fingerprint density at radius 1 is 0.537 bits per heavy atom. The van der Waals surface area contributed by atoms with Gasteiger partial charge < -0.3 is 67.2 Å². The fourth-order valence-electron chi connectivity index (χ4n) is 11.6. The van der Waals surface area contributed by atoms with Crippen LogP contribution in [0.4, 0.5) is 17.8 Å². The number of carbonyl (C=O) groups is 3. The molecule has 3 saturated heterocycles. The van der Waals surface area contributed by atoms with Gasteiger partial charge in [0.05, 0.1) is 62.8 Å². The maximum atomic E-state index is 13.7. The number of H-pyrrole nitrogens is 3. The molecule has 15 atom stereocenters. The Hall–Kier alpha value is -6.63. The quantitative estimate of drug-likeness (QED) is 0.0126. The number of carbonyl (C=O) groups excluding carboxylic acids is 3. The monoisotopic (exact) mass is 1850 g/mol. The Morgan fingerprint density at radius 2 is 0.843 bits per heavy atom. The van der Waals surface area contributed by atoms with Crippen molar-refractivity contribution in [1.29, 1.82) is 0 Å². The predicted molar refractivity (Wildman–Crippen MR) is 452 cm³/mol. The standard InChI is InChI=1S/C26H37N6O8PS.C25H35N6O9PS.C19H28N5O8PS.CH2Cl2/c1-5-25(2,3)23(35)42-12-11-38-41(37,29-13-16-9-7-6-8-10-16)39-14-17-19(33)26(4,36)22(40-17)32-15-28-18-20(32)30-24(27)31-21(18)34;1-24(2,13-32)22(35)42-10-9-38-41(37,28-11-15-7-5-4-6-8-15)39-12-16-18(33)25(3,36)21(40-16)31-14-27-17-19(31)29-23(26)30-20(17)34;1-5-18(2,3)16(27)34-7-6-30-33(29)31-8-10-12(25)19(4,28)15(32-10)24-9-21-11-13(24)22-17(20)23-14(11)26;2-1-3/h6-10,15,17,19,22,33,36H,5,11-14H2,1-4H3,(H,29,37)(H3,27,30,31,34);4-8,14,16,18,21,32-33,36H,9-13H2,1-3H3,(H,28,37)(H3,26,29,30,34);9-10,12,15,25,28H,5-8H2,1-4H3,(H2-,20,22,23,26);1H2/p+1/t17-,19?,22-,26+,41?;16-,18?,21-,25+,41?;10-,12?,15-,19+;/m111./s1. The second-order valence-electron chi connectivity index (χ2n) is 30.2. The smallest absolute Gasteiger partial charge is 0.395 e. The van der Waals surface area contributed by atoms with Crippen LogP contribution >= 0.6 is 82.2 Å². The van der Waals surface area contributed by atoms with E-state index in [1.54, 1.807) is 13.8 Å². The lowest BCUT2D eigenvalue weighted by atomic mass is 9.92. The van der Waals surface area contributed by atoms with Crippen molar-refractivity contribution in [2.75, 3.05) is 86.0 Å². The van der Waals surface area contributed by atoms with Gasteiger partial charge in [0.25, 0.3) is 16.7 Å². The molecule has 2 aromatic carbocycles. The number of fused-ring (bicyclic) bond motifs is 3. The maximum Gasteiger partial charge on any atom is 0.697 e. The van der Waals surface area contributed by atoms with Crippen molar-refractivity contribution in [1.82, 2.24) is 68.7 Å². The van der Waals surface area contributed by atoms with Crippen molar-refractivity contribution in [3.05, 3.63) is 122 Å². The number of aliphatic hydroxyl groups is 7. The fourth-order valence-corrected chi connectivity index (χ4v) is 17.7. The first-order valence-corrected chi connectivity index (χ1v) is 45.7. The second kappa shape index (κ2) is 43.0. The molecular weight excluding hydrogens is 1750 g/mol. The van der Waals surface area contributed by atoms with Crippen LogP contribution in [0.3, 0.4) is 0 Å². The minimum atomic E-state index is -4.04. The maximum absolute atomic E-state index is 13.7. The summed E-state index contributed by atoms with van der Waals surface area (Å²) in [4.78, 5) is 104. The predicted octanol–water partition coefficient (Wildman–Crippen LogP) is 5.78. The number of hydrogen-bond acceptors (Lipinski definition) is 37. The number of benzene rings is 2. The van der Waals surface area contributed by atoms with Crippen molar-refractivity contribution < 1.29 is 105 Å². The highest BCUT2D eigenvalue weighted by molar-refractivity contribution is 8.14. The molecule has 3 aliphatic rings. The number of nitrogens with one attached hydrogen (secondary N) is 5. The number of halogens is 2. The number of thioether (sulfide) groups is 3. The lowest BCUT2D eigenvalue weighted by molar-refractivity contribution is -0.120. The summed E-state index contributed by atoms with van der Waals surface area (Å²) in [6.45, 7) is 17.1. The number of aromatic nitrogens is 12. The average molecular weight is 1850 g/mol. The average Bonchev–Trinajstić information content (AvgIpc) is 1.61. The third-order valence-electron chi connectivity index (χ3n) is 19.7. The summed E-state index contributed by atoms with van der Waals surface area (Å²) in [6.07, 6.45) is -6.41. The molecule has 11 rings (SSSR count). The normalized spacial score (nSPS) is 24.2. The van der Waals surface area contributed by atoms with Crippen LogP contribution in [0.2, 0.25) is 0 Å². The van der Waals surface area contributed by atoms with Crippen molar-refractivity contribution in [3.63, 3.8) is 0 Å². The van der Waals surface area contributed by atoms with E-state index < -0.39 is 142 Å². The van der Waals surface area contributed by atoms with Gasteiger partial charge in [-0.15, -0.1) is 32.2 Å². The number of nitrogens with two attached hydrogens (primary N) is 3. The summed E-state index contributed by atoms with van der Waals surface area (Å²) in [5, 5.41) is 80.6. The highest BCUT2D eigenvalue weighted by Crippen LogP contribution is 2.50. The van der Waals surface area contributed by atoms with E-state index in [9.17, 15) is 78.2 Å². The number of nitrogen functional groups attached to an aromatic ring is 3. The van der Waals surface area contributed by atoms with Gasteiger partial charge in [-0.1, -0.05) is 137 Å². The Labute approximate surface area is 717 Å². The summed E-state index contributed by atoms with van der Waals surface area (Å²) in [6, 6.07) is 18.3. The zero-order valence-electron chi connectivity index (χ0n) is 67.9. The fraction of sp³-hybridized carbons (Fsp3) is 0.577. The van der Waals surface area contributed by atoms with Gasteiger partial charge in [0.15, 0.2) is 67.5 Å². The largest absolute Gasteiger partial charge is 0.697 e. The Bertz CT molecular complexity index is 4910. The molecule has 0 saturated carbocycles. The van der Waals surface area contributed by atoms with E-state index >= 15 is 0 Å². The van der Waals surface area contributed by atoms with Gasteiger partial charge in [-0.2, -0.15) is 15.0 Å². The summed E-state index contributed by atoms with van der Waals surface area (Å²) < 4.78 is 93.8. The van der Waals surface area contributed by atoms with Crippen LogP contribution in [0.1, 0.15) is 119 Å². The van der Waals surface area contributed by atoms with Crippen molar-refractivity contribution >= 4 is 149 Å². The minimum absolute atomic E-state index is 0.00242. The van der Waals surface area contributed by atoms with Crippen molar-refractivity contribution in [2.45, 2.75) is 174 Å². The van der Waals surface area contributed by atoms with E-state index in [4.69, 9.17) is 81.8 Å². The molecule has 42 nitrogen and oxygen atoms in total. The van der Waals surface area contributed by atoms with Gasteiger partial charge in [0.1, 0.15) is 66.6 Å². The summed E-state index contributed by atoms with van der Waals surface area (Å²) in [5.74, 6) is 0.234. The minimum Gasteiger partial charge on any atom is -0.395 e. The third kappa shape index (κ3) is 25.4. The molecule has 0 radical (unpaired) electrons. The van der Waals surface area contributed by atoms with Crippen LogP contribution in [0.25, 0.3) is 33.5 Å². The zero-order valence-corrected chi connectivity index (χ0v) is 74.5. The first kappa shape index (κ1) is 99.8. The molecule has 6 unspecified atom stereocenters. The number of nitrogens with zero attached hydrogens (tertiary/aromatic N) is 9. The number of rotatable bonds is 36. The molecular formula is C71H103Cl2N17O25P3S3+. The molecule has 3 aliphatic heterocycles. The van der Waals surface area contributed by atoms with Crippen molar-refractivity contribution in [3.8, 4) is 0 Å². The lowest BCUT2D eigenvalue weighted by Crippen LogP contribution is -2.44. The van der Waals surface area contributed by atoms with Gasteiger partial charge in [-0.05, 0) is 58.6 Å². The molecule has 0 amide bonds. The van der Waals surface area contributed by atoms with E-state index in [0.29, 0.717) is 18.6 Å². The van der Waals surface area contributed by atoms with Crippen LogP contribution in [0.5, 0.6) is 0 Å². The molecule has 668 valence electrons. The highest BCUT2D eigenvalue weighted by atomic mass is 35.5. The summed E-state index contributed by atoms with van der Waals surface area (Å²) >= 11 is 12.7. The van der Waals surface area contributed by atoms with E-state index in [2.05, 4.69) is 55.0 Å². The van der Waals surface area contributed by atoms with E-state index in [0.717, 1.165) is 46.4 Å². The van der Waals surface area contributed by atoms with Crippen LogP contribution in [0, 0.1) is 16.2 Å². The number of hydrogen-bond donors (Lipinski definition) is 15. The van der Waals surface area contributed by atoms with Crippen LogP contribution in [-0.4, -0.2) is 232 Å². The third-order valence-corrected chi connectivity index (χ3v) is 27.1. The highest BCUT2D eigenvalue weighted by Gasteiger charge is 2.57. The van der Waals surface area contributed by atoms with Gasteiger partial charge in [-0.25, -0.2) is 34.3 Å². The van der Waals surface area contributed by atoms with E-state index in [1.165, 1.54) is 53.5 Å². The molecule has 18 N–H and O–H groups in total. The van der Waals surface area contributed by atoms with E-state index in [-0.39, 0.29) is 130 Å². The molecule has 3 fully saturated rings. The second-order valence-corrected chi connectivity index (χ2v) is 38.8. The molecule has 121 heavy (non-hydrogen) atoms. The molecule has 0 aliphatic carbocycles. The van der Waals surface area contributed by atoms with Gasteiger partial charge >= 0.3 is 23.7 Å². The Kier molecular flexibility index (Phi) is 35.5. The number of anilines is 3. The van der Waals surface area contributed by atoms with Crippen LogP contribution in [-0.2, 0) is 82.5 Å². The van der Waals surface area contributed by atoms with Gasteiger partial charge in [0.2, 0.25) is 17.8 Å². The first-order valence-electron chi connectivity index (χ1n) is 37.5. The number of aliphatic hydroxyl groups excluding tert-OH is 4. The molecule has 9 heterocycles. The number of ether oxygens (including phenoxy) is 3. The molecule has 0 bridgehead atoms. The number of aromatic amines is 3. The number of imidazole rings is 3. The first-order chi connectivity index (χ1) is 56.8. The Balaban J connectivity index is 0.000000223. The SMILES string of the molecule is CC(C)(CO)C(=O)SCCOP(=O)(NCc1ccccc1)OC[C@H]1O[C@@H](n2cnc3c(=O)[nH]c(N)nc32)[C@@](C)(O)C1O.CCC(C)(C)C(=O)SCCOP(=O)(NCc1ccccc1)OC[C@H]1O[C@@H](n2cnc3c(=O)[nH]c(N)nc32)[C@@](C)(O)C1O.CCC(C)(C)C(=O)SCCO[P+](=O)OC[C@H]1O[C@@H](n2cnc3c(=O)[nH]c(N)nc32)[C@@](C)(O)C1O.ClCCl. The summed E-state index contributed by atoms with van der Waals surface area (Å²) in [7, 11) is -10.6. The van der Waals surface area contributed by atoms with E-state index in [1.807, 2.05) is 102 Å². The molecule has 0 spiro atoms. The topological polar surface area (TPSA) is 620 Å². The van der Waals surface area contributed by atoms with Gasteiger partial charge in [-0.3, -0.25) is 75.5 Å². The van der Waals surface area contributed by atoms with Crippen molar-refractivity contribution in [2.24, 2.45) is 16.2 Å². The molecule has 50 heteroatoms. The summed E-state index contributed by atoms with van der Waals surface area (Å²) in [5.41, 5.74) is 9.44. The van der Waals surface area contributed by atoms with Gasteiger partial charge in [0, 0.05) is 45.7 Å². The number of alkyl halides is 2.